The molecule has 0 aliphatic rings. The first-order valence-corrected chi connectivity index (χ1v) is 4.63. The van der Waals surface area contributed by atoms with E-state index in [4.69, 9.17) is 11.5 Å². The minimum Gasteiger partial charge on any atom is -0.479 e. The van der Waals surface area contributed by atoms with Crippen LogP contribution in [0.3, 0.4) is 0 Å². The minimum absolute atomic E-state index is 0.139. The number of amides is 1. The number of nitrogens with one attached hydrogen (secondary N) is 2. The lowest BCUT2D eigenvalue weighted by Crippen LogP contribution is -2.49. The second kappa shape index (κ2) is 6.04. The van der Waals surface area contributed by atoms with Gasteiger partial charge in [-0.2, -0.15) is 0 Å². The summed E-state index contributed by atoms with van der Waals surface area (Å²) in [6.07, 6.45) is 4.96. The molecule has 5 nitrogen and oxygen atoms in total. The zero-order valence-electron chi connectivity index (χ0n) is 9.07. The Morgan fingerprint density at radius 1 is 1.33 bits per heavy atom. The maximum absolute atomic E-state index is 11.4. The van der Waals surface area contributed by atoms with Crippen molar-refractivity contribution in [2.75, 3.05) is 0 Å². The van der Waals surface area contributed by atoms with Crippen LogP contribution in [0.25, 0.3) is 0 Å². The highest BCUT2D eigenvalue weighted by Gasteiger charge is 2.20. The van der Waals surface area contributed by atoms with Gasteiger partial charge in [-0.1, -0.05) is 19.8 Å². The SMILES string of the molecule is C#C[C@H](NC(=O)[C@H](C)NC(C)C)C(=O)O. The summed E-state index contributed by atoms with van der Waals surface area (Å²) in [4.78, 5) is 22.0. The lowest BCUT2D eigenvalue weighted by Gasteiger charge is -2.17. The second-order valence-electron chi connectivity index (χ2n) is 3.49. The van der Waals surface area contributed by atoms with Crippen molar-refractivity contribution in [1.29, 1.82) is 0 Å². The molecule has 0 radical (unpaired) electrons. The first kappa shape index (κ1) is 13.5. The highest BCUT2D eigenvalue weighted by atomic mass is 16.4. The number of terminal acetylenes is 1. The van der Waals surface area contributed by atoms with E-state index in [0.717, 1.165) is 0 Å². The number of carbonyl (C=O) groups is 2. The van der Waals surface area contributed by atoms with E-state index in [2.05, 4.69) is 10.6 Å². The molecule has 3 N–H and O–H groups in total. The summed E-state index contributed by atoms with van der Waals surface area (Å²) < 4.78 is 0. The number of carboxylic acid groups (broad SMARTS) is 1. The number of carbonyl (C=O) groups excluding carboxylic acids is 1. The molecule has 5 heteroatoms. The summed E-state index contributed by atoms with van der Waals surface area (Å²) >= 11 is 0. The molecule has 2 atom stereocenters. The van der Waals surface area contributed by atoms with Gasteiger partial charge in [0, 0.05) is 6.04 Å². The molecule has 0 aliphatic carbocycles. The van der Waals surface area contributed by atoms with Gasteiger partial charge in [0.2, 0.25) is 5.91 Å². The van der Waals surface area contributed by atoms with E-state index >= 15 is 0 Å². The van der Waals surface area contributed by atoms with Gasteiger partial charge in [0.25, 0.3) is 0 Å². The number of hydrogen-bond donors (Lipinski definition) is 3. The normalized spacial score (nSPS) is 14.1. The Kier molecular flexibility index (Phi) is 5.42. The topological polar surface area (TPSA) is 78.4 Å². The molecule has 0 aromatic rings. The van der Waals surface area contributed by atoms with Crippen molar-refractivity contribution in [2.24, 2.45) is 0 Å². The molecule has 0 saturated carbocycles. The van der Waals surface area contributed by atoms with Crippen LogP contribution < -0.4 is 10.6 Å². The van der Waals surface area contributed by atoms with Crippen LogP contribution in [0.15, 0.2) is 0 Å². The van der Waals surface area contributed by atoms with Crippen LogP contribution in [-0.4, -0.2) is 35.1 Å². The van der Waals surface area contributed by atoms with E-state index < -0.39 is 24.0 Å². The number of rotatable bonds is 5. The Hall–Kier alpha value is -1.54. The summed E-state index contributed by atoms with van der Waals surface area (Å²) in [5, 5.41) is 13.8. The van der Waals surface area contributed by atoms with Gasteiger partial charge in [-0.25, -0.2) is 4.79 Å². The zero-order valence-corrected chi connectivity index (χ0v) is 9.07. The van der Waals surface area contributed by atoms with Crippen molar-refractivity contribution in [2.45, 2.75) is 38.9 Å². The van der Waals surface area contributed by atoms with E-state index in [9.17, 15) is 9.59 Å². The molecular weight excluding hydrogens is 196 g/mol. The third-order valence-corrected chi connectivity index (χ3v) is 1.68. The molecule has 0 bridgehead atoms. The Labute approximate surface area is 89.2 Å². The summed E-state index contributed by atoms with van der Waals surface area (Å²) in [5.41, 5.74) is 0. The molecule has 0 heterocycles. The van der Waals surface area contributed by atoms with Crippen molar-refractivity contribution in [3.63, 3.8) is 0 Å². The van der Waals surface area contributed by atoms with Gasteiger partial charge in [-0.05, 0) is 6.92 Å². The van der Waals surface area contributed by atoms with Gasteiger partial charge in [-0.15, -0.1) is 6.42 Å². The van der Waals surface area contributed by atoms with E-state index in [1.54, 1.807) is 6.92 Å². The third-order valence-electron chi connectivity index (χ3n) is 1.68. The summed E-state index contributed by atoms with van der Waals surface area (Å²) in [7, 11) is 0. The fraction of sp³-hybridized carbons (Fsp3) is 0.600. The zero-order chi connectivity index (χ0) is 12.0. The van der Waals surface area contributed by atoms with Crippen LogP contribution in [0, 0.1) is 12.3 Å². The van der Waals surface area contributed by atoms with E-state index in [0.29, 0.717) is 0 Å². The molecule has 0 spiro atoms. The molecule has 0 aliphatic heterocycles. The predicted molar refractivity (Wildman–Crippen MR) is 56.1 cm³/mol. The quantitative estimate of drug-likeness (QED) is 0.541. The molecular formula is C10H16N2O3. The van der Waals surface area contributed by atoms with Crippen LogP contribution in [0.5, 0.6) is 0 Å². The Morgan fingerprint density at radius 2 is 1.87 bits per heavy atom. The second-order valence-corrected chi connectivity index (χ2v) is 3.49. The van der Waals surface area contributed by atoms with Crippen LogP contribution >= 0.6 is 0 Å². The first-order chi connectivity index (χ1) is 6.88. The molecule has 0 fully saturated rings. The highest BCUT2D eigenvalue weighted by Crippen LogP contribution is 1.89. The number of carboxylic acids is 1. The summed E-state index contributed by atoms with van der Waals surface area (Å²) in [6.45, 7) is 5.42. The molecule has 1 amide bonds. The monoisotopic (exact) mass is 212 g/mol. The van der Waals surface area contributed by atoms with E-state index in [1.165, 1.54) is 0 Å². The molecule has 0 aromatic carbocycles. The smallest absolute Gasteiger partial charge is 0.338 e. The van der Waals surface area contributed by atoms with Gasteiger partial charge in [-0.3, -0.25) is 4.79 Å². The van der Waals surface area contributed by atoms with Crippen molar-refractivity contribution in [3.05, 3.63) is 0 Å². The van der Waals surface area contributed by atoms with Crippen molar-refractivity contribution >= 4 is 11.9 Å². The number of hydrogen-bond acceptors (Lipinski definition) is 3. The van der Waals surface area contributed by atoms with Crippen molar-refractivity contribution in [1.82, 2.24) is 10.6 Å². The van der Waals surface area contributed by atoms with Gasteiger partial charge in [0.15, 0.2) is 6.04 Å². The lowest BCUT2D eigenvalue weighted by atomic mass is 10.2. The standard InChI is InChI=1S/C10H16N2O3/c1-5-8(10(14)15)12-9(13)7(4)11-6(2)3/h1,6-8,11H,2-4H3,(H,12,13)(H,14,15)/t7-,8-/m0/s1. The van der Waals surface area contributed by atoms with Crippen molar-refractivity contribution < 1.29 is 14.7 Å². The van der Waals surface area contributed by atoms with Crippen LogP contribution in [-0.2, 0) is 9.59 Å². The molecule has 0 aromatic heterocycles. The maximum Gasteiger partial charge on any atom is 0.338 e. The highest BCUT2D eigenvalue weighted by molar-refractivity contribution is 5.88. The fourth-order valence-corrected chi connectivity index (χ4v) is 1.02. The molecule has 84 valence electrons. The fourth-order valence-electron chi connectivity index (χ4n) is 1.02. The largest absolute Gasteiger partial charge is 0.479 e. The van der Waals surface area contributed by atoms with Gasteiger partial charge in [0.05, 0.1) is 6.04 Å². The van der Waals surface area contributed by atoms with Gasteiger partial charge in [0.1, 0.15) is 0 Å². The Morgan fingerprint density at radius 3 is 2.20 bits per heavy atom. The lowest BCUT2D eigenvalue weighted by molar-refractivity contribution is -0.140. The van der Waals surface area contributed by atoms with Crippen LogP contribution in [0.4, 0.5) is 0 Å². The molecule has 15 heavy (non-hydrogen) atoms. The third kappa shape index (κ3) is 5.03. The van der Waals surface area contributed by atoms with Gasteiger partial charge >= 0.3 is 5.97 Å². The predicted octanol–water partition coefficient (Wildman–Crippen LogP) is -0.424. The maximum atomic E-state index is 11.4. The average molecular weight is 212 g/mol. The Bertz CT molecular complexity index is 281. The Balaban J connectivity index is 4.24. The molecule has 0 rings (SSSR count). The van der Waals surface area contributed by atoms with Crippen molar-refractivity contribution in [3.8, 4) is 12.3 Å². The molecule has 0 saturated heterocycles. The first-order valence-electron chi connectivity index (χ1n) is 4.63. The van der Waals surface area contributed by atoms with Crippen LogP contribution in [0.1, 0.15) is 20.8 Å². The van der Waals surface area contributed by atoms with E-state index in [1.807, 2.05) is 19.8 Å². The molecule has 0 unspecified atom stereocenters. The van der Waals surface area contributed by atoms with Gasteiger partial charge < -0.3 is 15.7 Å². The minimum atomic E-state index is -1.27. The average Bonchev–Trinajstić information content (AvgIpc) is 2.11. The van der Waals surface area contributed by atoms with E-state index in [-0.39, 0.29) is 6.04 Å². The van der Waals surface area contributed by atoms with Crippen LogP contribution in [0.2, 0.25) is 0 Å². The number of aliphatic carboxylic acids is 1. The summed E-state index contributed by atoms with van der Waals surface area (Å²) in [5.74, 6) is 0.325. The summed E-state index contributed by atoms with van der Waals surface area (Å²) in [6, 6.07) is -1.60.